The molecule has 0 amide bonds. The summed E-state index contributed by atoms with van der Waals surface area (Å²) < 4.78 is 5.29. The van der Waals surface area contributed by atoms with Gasteiger partial charge >= 0.3 is 5.97 Å². The molecule has 0 spiro atoms. The van der Waals surface area contributed by atoms with Crippen LogP contribution in [0.2, 0.25) is 0 Å². The van der Waals surface area contributed by atoms with E-state index < -0.39 is 11.6 Å². The molecule has 2 N–H and O–H groups in total. The average Bonchev–Trinajstić information content (AvgIpc) is 2.89. The summed E-state index contributed by atoms with van der Waals surface area (Å²) in [6, 6.07) is 8.95. The van der Waals surface area contributed by atoms with Gasteiger partial charge in [0.25, 0.3) is 0 Å². The number of aryl methyl sites for hydroxylation is 1. The summed E-state index contributed by atoms with van der Waals surface area (Å²) in [6.45, 7) is 0. The van der Waals surface area contributed by atoms with Crippen LogP contribution in [0, 0.1) is 0 Å². The van der Waals surface area contributed by atoms with Crippen LogP contribution in [0.15, 0.2) is 41.0 Å². The zero-order valence-corrected chi connectivity index (χ0v) is 10.3. The molecule has 4 heteroatoms. The fourth-order valence-electron chi connectivity index (χ4n) is 2.84. The summed E-state index contributed by atoms with van der Waals surface area (Å²) in [5.74, 6) is -0.952. The second-order valence-electron chi connectivity index (χ2n) is 4.84. The Hall–Kier alpha value is -2.07. The van der Waals surface area contributed by atoms with Gasteiger partial charge in [0.15, 0.2) is 5.76 Å². The second kappa shape index (κ2) is 4.24. The van der Waals surface area contributed by atoms with Gasteiger partial charge in [0, 0.05) is 0 Å². The molecule has 1 atom stereocenters. The van der Waals surface area contributed by atoms with Gasteiger partial charge in [-0.1, -0.05) is 24.3 Å². The summed E-state index contributed by atoms with van der Waals surface area (Å²) in [5.41, 5.74) is 0.480. The fourth-order valence-corrected chi connectivity index (χ4v) is 2.84. The van der Waals surface area contributed by atoms with E-state index in [0.29, 0.717) is 6.42 Å². The molecule has 0 saturated heterocycles. The lowest BCUT2D eigenvalue weighted by atomic mass is 9.77. The van der Waals surface area contributed by atoms with E-state index in [0.717, 1.165) is 24.0 Å². The predicted molar refractivity (Wildman–Crippen MR) is 68.0 cm³/mol. The minimum absolute atomic E-state index is 0.0270. The number of carboxylic acids is 1. The van der Waals surface area contributed by atoms with E-state index in [-0.39, 0.29) is 11.3 Å². The number of hydrogen-bond acceptors (Lipinski definition) is 3. The number of furan rings is 1. The van der Waals surface area contributed by atoms with Gasteiger partial charge in [-0.3, -0.25) is 0 Å². The van der Waals surface area contributed by atoms with Crippen LogP contribution in [0.3, 0.4) is 0 Å². The zero-order chi connectivity index (χ0) is 13.5. The third-order valence-electron chi connectivity index (χ3n) is 3.72. The molecule has 2 aromatic rings. The van der Waals surface area contributed by atoms with Gasteiger partial charge in [-0.05, 0) is 36.5 Å². The summed E-state index contributed by atoms with van der Waals surface area (Å²) in [6.07, 6.45) is 3.47. The van der Waals surface area contributed by atoms with E-state index in [9.17, 15) is 15.0 Å². The molecule has 98 valence electrons. The Kier molecular flexibility index (Phi) is 2.68. The normalized spacial score (nSPS) is 21.9. The van der Waals surface area contributed by atoms with Crippen LogP contribution in [-0.2, 0) is 12.0 Å². The topological polar surface area (TPSA) is 70.7 Å². The number of carbonyl (C=O) groups is 1. The maximum absolute atomic E-state index is 11.2. The Morgan fingerprint density at radius 1 is 1.26 bits per heavy atom. The molecular formula is C15H14O4. The highest BCUT2D eigenvalue weighted by molar-refractivity contribution is 5.89. The lowest BCUT2D eigenvalue weighted by molar-refractivity contribution is 0.0356. The number of hydrogen-bond donors (Lipinski definition) is 2. The molecule has 1 heterocycles. The molecule has 1 aromatic heterocycles. The first-order valence-electron chi connectivity index (χ1n) is 6.25. The first-order chi connectivity index (χ1) is 9.13. The lowest BCUT2D eigenvalue weighted by Crippen LogP contribution is -2.33. The third kappa shape index (κ3) is 1.76. The van der Waals surface area contributed by atoms with Crippen molar-refractivity contribution in [1.82, 2.24) is 0 Å². The van der Waals surface area contributed by atoms with Crippen LogP contribution in [0.1, 0.15) is 40.1 Å². The smallest absolute Gasteiger partial charge is 0.339 e. The van der Waals surface area contributed by atoms with Crippen molar-refractivity contribution in [2.45, 2.75) is 24.9 Å². The van der Waals surface area contributed by atoms with E-state index in [4.69, 9.17) is 4.42 Å². The van der Waals surface area contributed by atoms with E-state index in [2.05, 4.69) is 0 Å². The molecule has 1 unspecified atom stereocenters. The Morgan fingerprint density at radius 3 is 2.84 bits per heavy atom. The van der Waals surface area contributed by atoms with Crippen molar-refractivity contribution in [2.75, 3.05) is 0 Å². The van der Waals surface area contributed by atoms with Crippen molar-refractivity contribution < 1.29 is 19.4 Å². The maximum atomic E-state index is 11.2. The van der Waals surface area contributed by atoms with Crippen LogP contribution < -0.4 is 0 Å². The van der Waals surface area contributed by atoms with Gasteiger partial charge in [0.1, 0.15) is 11.2 Å². The molecule has 0 fully saturated rings. The molecule has 0 aliphatic heterocycles. The van der Waals surface area contributed by atoms with Crippen LogP contribution in [0.4, 0.5) is 0 Å². The molecule has 3 rings (SSSR count). The minimum Gasteiger partial charge on any atom is -0.478 e. The van der Waals surface area contributed by atoms with Crippen molar-refractivity contribution in [3.05, 3.63) is 59.0 Å². The molecule has 1 aliphatic carbocycles. The monoisotopic (exact) mass is 258 g/mol. The van der Waals surface area contributed by atoms with Gasteiger partial charge in [0.05, 0.1) is 6.26 Å². The minimum atomic E-state index is -1.34. The van der Waals surface area contributed by atoms with Gasteiger partial charge in [-0.2, -0.15) is 0 Å². The Bertz CT molecular complexity index is 629. The summed E-state index contributed by atoms with van der Waals surface area (Å²) in [7, 11) is 0. The van der Waals surface area contributed by atoms with E-state index in [1.165, 1.54) is 12.3 Å². The summed E-state index contributed by atoms with van der Waals surface area (Å²) in [5, 5.41) is 20.1. The number of benzene rings is 1. The van der Waals surface area contributed by atoms with Gasteiger partial charge in [0.2, 0.25) is 0 Å². The highest BCUT2D eigenvalue weighted by Crippen LogP contribution is 2.42. The maximum Gasteiger partial charge on any atom is 0.339 e. The lowest BCUT2D eigenvalue weighted by Gasteiger charge is -2.33. The SMILES string of the molecule is O=C(O)c1ccoc1C1(O)CCCc2ccccc21. The Morgan fingerprint density at radius 2 is 2.05 bits per heavy atom. The van der Waals surface area contributed by atoms with Crippen molar-refractivity contribution in [3.8, 4) is 0 Å². The number of aliphatic hydroxyl groups is 1. The summed E-state index contributed by atoms with van der Waals surface area (Å²) >= 11 is 0. The van der Waals surface area contributed by atoms with E-state index in [1.54, 1.807) is 0 Å². The number of rotatable bonds is 2. The number of aromatic carboxylic acids is 1. The quantitative estimate of drug-likeness (QED) is 0.868. The zero-order valence-electron chi connectivity index (χ0n) is 10.3. The first-order valence-corrected chi connectivity index (χ1v) is 6.25. The molecule has 4 nitrogen and oxygen atoms in total. The highest BCUT2D eigenvalue weighted by Gasteiger charge is 2.41. The fraction of sp³-hybridized carbons (Fsp3) is 0.267. The Labute approximate surface area is 110 Å². The van der Waals surface area contributed by atoms with Crippen LogP contribution >= 0.6 is 0 Å². The van der Waals surface area contributed by atoms with Crippen molar-refractivity contribution in [3.63, 3.8) is 0 Å². The molecule has 19 heavy (non-hydrogen) atoms. The standard InChI is InChI=1S/C15H14O4/c16-14(17)11-7-9-19-13(11)15(18)8-3-5-10-4-1-2-6-12(10)15/h1-2,4,6-7,9,18H,3,5,8H2,(H,16,17). The molecule has 0 radical (unpaired) electrons. The largest absolute Gasteiger partial charge is 0.478 e. The Balaban J connectivity index is 2.19. The van der Waals surface area contributed by atoms with Gasteiger partial charge < -0.3 is 14.6 Å². The first kappa shape index (κ1) is 12.0. The van der Waals surface area contributed by atoms with Crippen molar-refractivity contribution >= 4 is 5.97 Å². The second-order valence-corrected chi connectivity index (χ2v) is 4.84. The average molecular weight is 258 g/mol. The molecule has 0 saturated carbocycles. The summed E-state index contributed by atoms with van der Waals surface area (Å²) in [4.78, 5) is 11.2. The van der Waals surface area contributed by atoms with Crippen LogP contribution in [-0.4, -0.2) is 16.2 Å². The van der Waals surface area contributed by atoms with Gasteiger partial charge in [-0.15, -0.1) is 0 Å². The third-order valence-corrected chi connectivity index (χ3v) is 3.72. The molecule has 0 bridgehead atoms. The molecule has 1 aromatic carbocycles. The predicted octanol–water partition coefficient (Wildman–Crippen LogP) is 2.55. The molecular weight excluding hydrogens is 244 g/mol. The molecule has 1 aliphatic rings. The highest BCUT2D eigenvalue weighted by atomic mass is 16.4. The van der Waals surface area contributed by atoms with E-state index in [1.807, 2.05) is 24.3 Å². The number of carboxylic acid groups (broad SMARTS) is 1. The van der Waals surface area contributed by atoms with Crippen molar-refractivity contribution in [1.29, 1.82) is 0 Å². The van der Waals surface area contributed by atoms with Crippen molar-refractivity contribution in [2.24, 2.45) is 0 Å². The van der Waals surface area contributed by atoms with Gasteiger partial charge in [-0.25, -0.2) is 4.79 Å². The van der Waals surface area contributed by atoms with Crippen LogP contribution in [0.25, 0.3) is 0 Å². The van der Waals surface area contributed by atoms with Crippen LogP contribution in [0.5, 0.6) is 0 Å². The number of fused-ring (bicyclic) bond motifs is 1. The van der Waals surface area contributed by atoms with E-state index >= 15 is 0 Å².